The highest BCUT2D eigenvalue weighted by molar-refractivity contribution is 6.31. The van der Waals surface area contributed by atoms with Gasteiger partial charge in [-0.25, -0.2) is 4.39 Å². The standard InChI is InChI=1S/C13H14ClFN2O4/c1-7-5-16(6-8(7)13(18)21-2)11-3-9(14)10(15)4-12(11)17(19)20/h3-4,7-8H,5-6H2,1-2H3. The second-order valence-electron chi connectivity index (χ2n) is 5.02. The summed E-state index contributed by atoms with van der Waals surface area (Å²) in [6.07, 6.45) is 0. The van der Waals surface area contributed by atoms with Crippen molar-refractivity contribution in [2.24, 2.45) is 11.8 Å². The molecular weight excluding hydrogens is 303 g/mol. The maximum Gasteiger partial charge on any atom is 0.310 e. The second kappa shape index (κ2) is 5.85. The van der Waals surface area contributed by atoms with Crippen molar-refractivity contribution in [1.82, 2.24) is 0 Å². The van der Waals surface area contributed by atoms with E-state index in [1.54, 1.807) is 4.90 Å². The molecule has 0 N–H and O–H groups in total. The number of anilines is 1. The lowest BCUT2D eigenvalue weighted by molar-refractivity contribution is -0.384. The maximum atomic E-state index is 13.4. The third-order valence-electron chi connectivity index (χ3n) is 3.67. The average molecular weight is 317 g/mol. The van der Waals surface area contributed by atoms with E-state index < -0.39 is 10.7 Å². The molecule has 0 radical (unpaired) electrons. The zero-order chi connectivity index (χ0) is 15.7. The number of benzene rings is 1. The topological polar surface area (TPSA) is 72.7 Å². The predicted molar refractivity (Wildman–Crippen MR) is 74.9 cm³/mol. The summed E-state index contributed by atoms with van der Waals surface area (Å²) in [5, 5.41) is 10.9. The van der Waals surface area contributed by atoms with Crippen LogP contribution in [0.5, 0.6) is 0 Å². The van der Waals surface area contributed by atoms with Crippen LogP contribution < -0.4 is 4.90 Å². The van der Waals surface area contributed by atoms with Crippen molar-refractivity contribution in [3.8, 4) is 0 Å². The minimum Gasteiger partial charge on any atom is -0.469 e. The summed E-state index contributed by atoms with van der Waals surface area (Å²) in [4.78, 5) is 23.7. The second-order valence-corrected chi connectivity index (χ2v) is 5.43. The first-order valence-electron chi connectivity index (χ1n) is 6.31. The highest BCUT2D eigenvalue weighted by Gasteiger charge is 2.38. The van der Waals surface area contributed by atoms with Crippen LogP contribution in [0.1, 0.15) is 6.92 Å². The molecule has 6 nitrogen and oxygen atoms in total. The Bertz CT molecular complexity index is 596. The van der Waals surface area contributed by atoms with Crippen molar-refractivity contribution in [1.29, 1.82) is 0 Å². The Hall–Kier alpha value is -1.89. The number of ether oxygens (including phenoxy) is 1. The molecule has 1 fully saturated rings. The summed E-state index contributed by atoms with van der Waals surface area (Å²) in [6.45, 7) is 2.57. The smallest absolute Gasteiger partial charge is 0.310 e. The molecule has 1 heterocycles. The predicted octanol–water partition coefficient (Wildman–Crippen LogP) is 2.63. The maximum absolute atomic E-state index is 13.4. The van der Waals surface area contributed by atoms with E-state index in [-0.39, 0.29) is 40.7 Å². The molecule has 0 bridgehead atoms. The van der Waals surface area contributed by atoms with Crippen LogP contribution in [0, 0.1) is 27.8 Å². The Morgan fingerprint density at radius 2 is 2.19 bits per heavy atom. The van der Waals surface area contributed by atoms with Gasteiger partial charge in [0.1, 0.15) is 11.5 Å². The highest BCUT2D eigenvalue weighted by atomic mass is 35.5. The molecular formula is C13H14ClFN2O4. The van der Waals surface area contributed by atoms with Gasteiger partial charge in [0.25, 0.3) is 5.69 Å². The van der Waals surface area contributed by atoms with Crippen LogP contribution in [0.3, 0.4) is 0 Å². The lowest BCUT2D eigenvalue weighted by Gasteiger charge is -2.18. The minimum absolute atomic E-state index is 0.0270. The van der Waals surface area contributed by atoms with Crippen molar-refractivity contribution in [2.45, 2.75) is 6.92 Å². The number of methoxy groups -OCH3 is 1. The molecule has 8 heteroatoms. The lowest BCUT2D eigenvalue weighted by Crippen LogP contribution is -2.24. The Morgan fingerprint density at radius 3 is 2.76 bits per heavy atom. The quantitative estimate of drug-likeness (QED) is 0.487. The number of carbonyl (C=O) groups excluding carboxylic acids is 1. The Morgan fingerprint density at radius 1 is 1.52 bits per heavy atom. The summed E-state index contributed by atoms with van der Waals surface area (Å²) < 4.78 is 18.1. The molecule has 21 heavy (non-hydrogen) atoms. The molecule has 0 aromatic heterocycles. The van der Waals surface area contributed by atoms with E-state index in [9.17, 15) is 19.3 Å². The third-order valence-corrected chi connectivity index (χ3v) is 3.96. The number of halogens is 2. The van der Waals surface area contributed by atoms with Crippen molar-refractivity contribution in [3.63, 3.8) is 0 Å². The first-order chi connectivity index (χ1) is 9.85. The molecule has 0 saturated carbocycles. The van der Waals surface area contributed by atoms with E-state index in [4.69, 9.17) is 16.3 Å². The lowest BCUT2D eigenvalue weighted by atomic mass is 9.99. The molecule has 1 aliphatic heterocycles. The van der Waals surface area contributed by atoms with E-state index in [0.717, 1.165) is 6.07 Å². The van der Waals surface area contributed by atoms with E-state index in [0.29, 0.717) is 6.54 Å². The summed E-state index contributed by atoms with van der Waals surface area (Å²) in [7, 11) is 1.30. The normalized spacial score (nSPS) is 21.4. The van der Waals surface area contributed by atoms with Crippen LogP contribution in [-0.4, -0.2) is 31.1 Å². The van der Waals surface area contributed by atoms with Crippen LogP contribution >= 0.6 is 11.6 Å². The summed E-state index contributed by atoms with van der Waals surface area (Å²) >= 11 is 5.72. The Labute approximate surface area is 125 Å². The first-order valence-corrected chi connectivity index (χ1v) is 6.69. The van der Waals surface area contributed by atoms with Gasteiger partial charge in [0.15, 0.2) is 0 Å². The molecule has 0 amide bonds. The summed E-state index contributed by atoms with van der Waals surface area (Å²) in [5.41, 5.74) is -0.153. The average Bonchev–Trinajstić information content (AvgIpc) is 2.82. The first kappa shape index (κ1) is 15.5. The van der Waals surface area contributed by atoms with Gasteiger partial charge in [-0.1, -0.05) is 18.5 Å². The van der Waals surface area contributed by atoms with Gasteiger partial charge in [0, 0.05) is 13.1 Å². The molecule has 114 valence electrons. The number of rotatable bonds is 3. The van der Waals surface area contributed by atoms with E-state index >= 15 is 0 Å². The van der Waals surface area contributed by atoms with Gasteiger partial charge in [0.2, 0.25) is 0 Å². The van der Waals surface area contributed by atoms with Gasteiger partial charge in [-0.05, 0) is 12.0 Å². The van der Waals surface area contributed by atoms with Crippen LogP contribution in [0.25, 0.3) is 0 Å². The van der Waals surface area contributed by atoms with Crippen LogP contribution in [-0.2, 0) is 9.53 Å². The third kappa shape index (κ3) is 2.92. The molecule has 2 unspecified atom stereocenters. The SMILES string of the molecule is COC(=O)C1CN(c2cc(Cl)c(F)cc2[N+](=O)[O-])CC1C. The Balaban J connectivity index is 2.37. The Kier molecular flexibility index (Phi) is 4.32. The van der Waals surface area contributed by atoms with Gasteiger partial charge in [0.05, 0.1) is 29.0 Å². The van der Waals surface area contributed by atoms with Gasteiger partial charge < -0.3 is 9.64 Å². The van der Waals surface area contributed by atoms with E-state index in [1.165, 1.54) is 13.2 Å². The highest BCUT2D eigenvalue weighted by Crippen LogP contribution is 2.37. The van der Waals surface area contributed by atoms with Crippen LogP contribution in [0.2, 0.25) is 5.02 Å². The van der Waals surface area contributed by atoms with Crippen molar-refractivity contribution < 1.29 is 18.8 Å². The van der Waals surface area contributed by atoms with E-state index in [1.807, 2.05) is 6.92 Å². The fourth-order valence-electron chi connectivity index (χ4n) is 2.55. The zero-order valence-corrected chi connectivity index (χ0v) is 12.3. The van der Waals surface area contributed by atoms with Crippen LogP contribution in [0.15, 0.2) is 12.1 Å². The molecule has 1 aromatic rings. The minimum atomic E-state index is -0.844. The summed E-state index contributed by atoms with van der Waals surface area (Å²) in [6, 6.07) is 2.02. The van der Waals surface area contributed by atoms with Crippen LogP contribution in [0.4, 0.5) is 15.8 Å². The number of hydrogen-bond acceptors (Lipinski definition) is 5. The number of hydrogen-bond donors (Lipinski definition) is 0. The van der Waals surface area contributed by atoms with Gasteiger partial charge in [-0.2, -0.15) is 0 Å². The molecule has 1 saturated heterocycles. The fraction of sp³-hybridized carbons (Fsp3) is 0.462. The molecule has 1 aliphatic rings. The molecule has 0 spiro atoms. The number of nitro benzene ring substituents is 1. The number of esters is 1. The van der Waals surface area contributed by atoms with Crippen molar-refractivity contribution >= 4 is 28.9 Å². The number of nitro groups is 1. The monoisotopic (exact) mass is 316 g/mol. The van der Waals surface area contributed by atoms with Gasteiger partial charge in [-0.3, -0.25) is 14.9 Å². The fourth-order valence-corrected chi connectivity index (χ4v) is 2.70. The largest absolute Gasteiger partial charge is 0.469 e. The van der Waals surface area contributed by atoms with Gasteiger partial charge in [-0.15, -0.1) is 0 Å². The molecule has 2 atom stereocenters. The number of carbonyl (C=O) groups is 1. The van der Waals surface area contributed by atoms with E-state index in [2.05, 4.69) is 0 Å². The molecule has 0 aliphatic carbocycles. The van der Waals surface area contributed by atoms with Crippen molar-refractivity contribution in [2.75, 3.05) is 25.1 Å². The molecule has 1 aromatic carbocycles. The zero-order valence-electron chi connectivity index (χ0n) is 11.5. The number of nitrogens with zero attached hydrogens (tertiary/aromatic N) is 2. The summed E-state index contributed by atoms with van der Waals surface area (Å²) in [5.74, 6) is -1.61. The van der Waals surface area contributed by atoms with Crippen molar-refractivity contribution in [3.05, 3.63) is 33.1 Å². The van der Waals surface area contributed by atoms with Gasteiger partial charge >= 0.3 is 5.97 Å². The molecule has 2 rings (SSSR count).